The van der Waals surface area contributed by atoms with Gasteiger partial charge in [-0.05, 0) is 25.9 Å². The van der Waals surface area contributed by atoms with Gasteiger partial charge in [0.2, 0.25) is 0 Å². The number of hydrogen-bond donors (Lipinski definition) is 4. The minimum Gasteiger partial charge on any atom is -0.425 e. The van der Waals surface area contributed by atoms with Crippen molar-refractivity contribution in [1.29, 1.82) is 5.41 Å². The second-order valence-electron chi connectivity index (χ2n) is 2.98. The Morgan fingerprint density at radius 1 is 1.50 bits per heavy atom. The topological polar surface area (TPSA) is 100.0 Å². The quantitative estimate of drug-likeness (QED) is 0.423. The zero-order chi connectivity index (χ0) is 10.4. The summed E-state index contributed by atoms with van der Waals surface area (Å²) in [5.41, 5.74) is 4.90. The van der Waals surface area contributed by atoms with Gasteiger partial charge in [-0.1, -0.05) is 0 Å². The van der Waals surface area contributed by atoms with Crippen molar-refractivity contribution >= 4 is 5.82 Å². The first-order valence-corrected chi connectivity index (χ1v) is 4.50. The van der Waals surface area contributed by atoms with E-state index in [0.29, 0.717) is 4.73 Å². The summed E-state index contributed by atoms with van der Waals surface area (Å²) in [6, 6.07) is 1.40. The molecule has 0 atom stereocenters. The van der Waals surface area contributed by atoms with Crippen molar-refractivity contribution in [1.82, 2.24) is 15.0 Å². The molecule has 6 nitrogen and oxygen atoms in total. The molecular weight excluding hydrogens is 182 g/mol. The van der Waals surface area contributed by atoms with E-state index in [1.54, 1.807) is 0 Å². The summed E-state index contributed by atoms with van der Waals surface area (Å²) in [6.07, 6.45) is 4.03. The van der Waals surface area contributed by atoms with Gasteiger partial charge in [0.15, 0.2) is 0 Å². The van der Waals surface area contributed by atoms with Crippen molar-refractivity contribution in [2.45, 2.75) is 12.8 Å². The van der Waals surface area contributed by atoms with Crippen LogP contribution in [0.2, 0.25) is 0 Å². The molecule has 1 aliphatic heterocycles. The predicted molar refractivity (Wildman–Crippen MR) is 51.8 cm³/mol. The van der Waals surface area contributed by atoms with Crippen molar-refractivity contribution in [2.24, 2.45) is 0 Å². The molecule has 0 saturated carbocycles. The van der Waals surface area contributed by atoms with Crippen molar-refractivity contribution in [3.8, 4) is 0 Å². The molecule has 1 aromatic rings. The number of rotatable bonds is 0. The molecule has 1 saturated heterocycles. The third kappa shape index (κ3) is 3.44. The van der Waals surface area contributed by atoms with E-state index in [2.05, 4.69) is 10.3 Å². The van der Waals surface area contributed by atoms with Crippen LogP contribution in [0.3, 0.4) is 0 Å². The fraction of sp³-hybridized carbons (Fsp3) is 0.500. The zero-order valence-corrected chi connectivity index (χ0v) is 7.90. The van der Waals surface area contributed by atoms with E-state index >= 15 is 0 Å². The Balaban J connectivity index is 0.000000165. The Kier molecular flexibility index (Phi) is 3.93. The number of aromatic nitrogens is 2. The molecule has 0 bridgehead atoms. The van der Waals surface area contributed by atoms with Gasteiger partial charge in [0, 0.05) is 6.07 Å². The molecule has 0 spiro atoms. The Morgan fingerprint density at radius 3 is 2.50 bits per heavy atom. The molecule has 0 aliphatic carbocycles. The molecule has 2 heterocycles. The lowest BCUT2D eigenvalue weighted by atomic mass is 10.4. The van der Waals surface area contributed by atoms with E-state index in [-0.39, 0.29) is 11.4 Å². The number of nitrogens with zero attached hydrogens (tertiary/aromatic N) is 2. The maximum Gasteiger partial charge on any atom is 0.257 e. The molecule has 5 N–H and O–H groups in total. The standard InChI is InChI=1S/C4H6N4O.C4H9N/c5-3-1-2-8(9)4(6)7-3;1-2-4-5-3-1/h1-2,9H,(H3,5,6,7);5H,1-4H2. The van der Waals surface area contributed by atoms with Crippen LogP contribution in [0.1, 0.15) is 12.8 Å². The minimum atomic E-state index is -0.269. The highest BCUT2D eigenvalue weighted by atomic mass is 16.5. The Hall–Kier alpha value is -1.56. The molecule has 0 unspecified atom stereocenters. The summed E-state index contributed by atoms with van der Waals surface area (Å²) >= 11 is 0. The third-order valence-corrected chi connectivity index (χ3v) is 1.80. The van der Waals surface area contributed by atoms with Crippen LogP contribution in [0.4, 0.5) is 5.82 Å². The molecule has 78 valence electrons. The van der Waals surface area contributed by atoms with Crippen LogP contribution in [-0.2, 0) is 0 Å². The van der Waals surface area contributed by atoms with Crippen molar-refractivity contribution in [3.05, 3.63) is 17.9 Å². The van der Waals surface area contributed by atoms with Gasteiger partial charge in [-0.15, -0.1) is 0 Å². The van der Waals surface area contributed by atoms with Crippen LogP contribution in [-0.4, -0.2) is 28.0 Å². The van der Waals surface area contributed by atoms with Gasteiger partial charge >= 0.3 is 0 Å². The van der Waals surface area contributed by atoms with Gasteiger partial charge in [0.05, 0.1) is 6.20 Å². The molecule has 1 aromatic heterocycles. The average Bonchev–Trinajstić information content (AvgIpc) is 2.69. The normalized spacial score (nSPS) is 14.6. The Morgan fingerprint density at radius 2 is 2.14 bits per heavy atom. The highest BCUT2D eigenvalue weighted by Gasteiger charge is 1.93. The molecular formula is C8H15N5O. The second kappa shape index (κ2) is 5.23. The van der Waals surface area contributed by atoms with Crippen LogP contribution < -0.4 is 16.7 Å². The number of nitrogens with two attached hydrogens (primary N) is 1. The Labute approximate surface area is 81.9 Å². The van der Waals surface area contributed by atoms with E-state index in [1.165, 1.54) is 38.2 Å². The smallest absolute Gasteiger partial charge is 0.257 e. The van der Waals surface area contributed by atoms with Crippen LogP contribution in [0.15, 0.2) is 12.3 Å². The van der Waals surface area contributed by atoms with Gasteiger partial charge < -0.3 is 16.3 Å². The summed E-state index contributed by atoms with van der Waals surface area (Å²) < 4.78 is 0.580. The summed E-state index contributed by atoms with van der Waals surface area (Å²) in [7, 11) is 0. The number of nitrogen functional groups attached to an aromatic ring is 1. The van der Waals surface area contributed by atoms with E-state index in [1.807, 2.05) is 0 Å². The molecule has 2 rings (SSSR count). The fourth-order valence-electron chi connectivity index (χ4n) is 1.05. The SMILES string of the molecule is C1CCNC1.N=c1nc(N)ccn1O. The van der Waals surface area contributed by atoms with Crippen LogP contribution in [0, 0.1) is 5.41 Å². The Bertz CT molecular complexity index is 323. The second-order valence-corrected chi connectivity index (χ2v) is 2.98. The fourth-order valence-corrected chi connectivity index (χ4v) is 1.05. The van der Waals surface area contributed by atoms with Gasteiger partial charge in [-0.25, -0.2) is 0 Å². The molecule has 1 fully saturated rings. The van der Waals surface area contributed by atoms with Crippen LogP contribution in [0.25, 0.3) is 0 Å². The van der Waals surface area contributed by atoms with Crippen LogP contribution >= 0.6 is 0 Å². The molecule has 0 radical (unpaired) electrons. The number of hydrogen-bond acceptors (Lipinski definition) is 5. The van der Waals surface area contributed by atoms with Gasteiger partial charge in [0.25, 0.3) is 5.62 Å². The van der Waals surface area contributed by atoms with Crippen molar-refractivity contribution in [2.75, 3.05) is 18.8 Å². The van der Waals surface area contributed by atoms with Gasteiger partial charge in [0.1, 0.15) is 5.82 Å². The lowest BCUT2D eigenvalue weighted by molar-refractivity contribution is 0.165. The number of anilines is 1. The molecule has 0 aromatic carbocycles. The first-order chi connectivity index (χ1) is 6.70. The third-order valence-electron chi connectivity index (χ3n) is 1.80. The van der Waals surface area contributed by atoms with E-state index in [9.17, 15) is 0 Å². The maximum absolute atomic E-state index is 8.65. The molecule has 1 aliphatic rings. The molecule has 0 amide bonds. The summed E-state index contributed by atoms with van der Waals surface area (Å²) in [5.74, 6) is 0.227. The minimum absolute atomic E-state index is 0.227. The summed E-state index contributed by atoms with van der Waals surface area (Å²) in [4.78, 5) is 3.43. The maximum atomic E-state index is 8.65. The predicted octanol–water partition coefficient (Wildman–Crippen LogP) is -0.448. The van der Waals surface area contributed by atoms with Crippen molar-refractivity contribution < 1.29 is 5.21 Å². The zero-order valence-electron chi connectivity index (χ0n) is 7.90. The summed E-state index contributed by atoms with van der Waals surface area (Å²) in [6.45, 7) is 2.50. The average molecular weight is 197 g/mol. The molecule has 6 heteroatoms. The van der Waals surface area contributed by atoms with Gasteiger partial charge in [-0.2, -0.15) is 9.71 Å². The van der Waals surface area contributed by atoms with Crippen LogP contribution in [0.5, 0.6) is 0 Å². The van der Waals surface area contributed by atoms with E-state index in [4.69, 9.17) is 16.4 Å². The van der Waals surface area contributed by atoms with E-state index in [0.717, 1.165) is 0 Å². The lowest BCUT2D eigenvalue weighted by Gasteiger charge is -1.94. The first-order valence-electron chi connectivity index (χ1n) is 4.50. The highest BCUT2D eigenvalue weighted by molar-refractivity contribution is 5.22. The van der Waals surface area contributed by atoms with E-state index < -0.39 is 0 Å². The number of nitrogens with one attached hydrogen (secondary N) is 2. The molecule has 14 heavy (non-hydrogen) atoms. The monoisotopic (exact) mass is 197 g/mol. The first kappa shape index (κ1) is 10.5. The van der Waals surface area contributed by atoms with Gasteiger partial charge in [-0.3, -0.25) is 5.41 Å². The highest BCUT2D eigenvalue weighted by Crippen LogP contribution is 1.90. The van der Waals surface area contributed by atoms with Crippen molar-refractivity contribution in [3.63, 3.8) is 0 Å². The lowest BCUT2D eigenvalue weighted by Crippen LogP contribution is -2.20. The largest absolute Gasteiger partial charge is 0.425 e. The summed E-state index contributed by atoms with van der Waals surface area (Å²) in [5, 5.41) is 18.8.